The van der Waals surface area contributed by atoms with Crippen molar-refractivity contribution in [1.29, 1.82) is 0 Å². The van der Waals surface area contributed by atoms with Crippen LogP contribution in [0, 0.1) is 11.8 Å². The molecule has 0 aliphatic heterocycles. The summed E-state index contributed by atoms with van der Waals surface area (Å²) < 4.78 is 24.7. The van der Waals surface area contributed by atoms with E-state index < -0.39 is 15.1 Å². The van der Waals surface area contributed by atoms with Gasteiger partial charge in [0.1, 0.15) is 5.78 Å². The van der Waals surface area contributed by atoms with Gasteiger partial charge in [0.15, 0.2) is 9.84 Å². The zero-order valence-corrected chi connectivity index (χ0v) is 10.2. The lowest BCUT2D eigenvalue weighted by Crippen LogP contribution is -2.13. The van der Waals surface area contributed by atoms with Crippen molar-refractivity contribution in [2.24, 2.45) is 11.8 Å². The van der Waals surface area contributed by atoms with E-state index in [0.29, 0.717) is 11.3 Å². The van der Waals surface area contributed by atoms with Crippen molar-refractivity contribution in [3.63, 3.8) is 0 Å². The van der Waals surface area contributed by atoms with Gasteiger partial charge >= 0.3 is 0 Å². The van der Waals surface area contributed by atoms with Crippen LogP contribution in [0.25, 0.3) is 0 Å². The molecule has 2 fully saturated rings. The average molecular weight is 250 g/mol. The molecule has 3 rings (SSSR count). The van der Waals surface area contributed by atoms with E-state index in [0.717, 1.165) is 12.8 Å². The Hall–Kier alpha value is -1.16. The molecule has 2 aliphatic rings. The van der Waals surface area contributed by atoms with Crippen molar-refractivity contribution in [2.45, 2.75) is 29.4 Å². The highest BCUT2D eigenvalue weighted by atomic mass is 32.2. The van der Waals surface area contributed by atoms with Crippen molar-refractivity contribution in [2.75, 3.05) is 0 Å². The maximum absolute atomic E-state index is 12.4. The molecule has 4 heteroatoms. The number of benzene rings is 1. The van der Waals surface area contributed by atoms with Crippen LogP contribution in [0.2, 0.25) is 0 Å². The number of sulfone groups is 1. The molecule has 0 bridgehead atoms. The largest absolute Gasteiger partial charge is 0.299 e. The third-order valence-electron chi connectivity index (χ3n) is 3.86. The molecule has 0 radical (unpaired) electrons. The van der Waals surface area contributed by atoms with Crippen LogP contribution in [0.5, 0.6) is 0 Å². The van der Waals surface area contributed by atoms with Crippen LogP contribution < -0.4 is 0 Å². The molecule has 17 heavy (non-hydrogen) atoms. The van der Waals surface area contributed by atoms with E-state index >= 15 is 0 Å². The maximum atomic E-state index is 12.4. The highest BCUT2D eigenvalue weighted by Crippen LogP contribution is 2.53. The first-order chi connectivity index (χ1) is 8.12. The van der Waals surface area contributed by atoms with Crippen molar-refractivity contribution in [3.8, 4) is 0 Å². The normalized spacial score (nSPS) is 32.0. The smallest absolute Gasteiger partial charge is 0.182 e. The monoisotopic (exact) mass is 250 g/mol. The first-order valence-corrected chi connectivity index (χ1v) is 7.48. The second-order valence-corrected chi connectivity index (χ2v) is 6.98. The molecule has 0 aromatic heterocycles. The highest BCUT2D eigenvalue weighted by Gasteiger charge is 2.62. The Bertz CT molecular complexity index is 547. The summed E-state index contributed by atoms with van der Waals surface area (Å²) >= 11 is 0. The van der Waals surface area contributed by atoms with Gasteiger partial charge in [0.05, 0.1) is 10.1 Å². The molecule has 2 saturated carbocycles. The number of hydrogen-bond donors (Lipinski definition) is 0. The minimum absolute atomic E-state index is 0.0847. The van der Waals surface area contributed by atoms with Gasteiger partial charge in [-0.15, -0.1) is 0 Å². The Labute approximate surface area is 101 Å². The molecule has 0 heterocycles. The minimum Gasteiger partial charge on any atom is -0.299 e. The summed E-state index contributed by atoms with van der Waals surface area (Å²) in [7, 11) is -3.30. The van der Waals surface area contributed by atoms with Gasteiger partial charge in [-0.1, -0.05) is 18.2 Å². The van der Waals surface area contributed by atoms with Gasteiger partial charge in [0.25, 0.3) is 0 Å². The first-order valence-electron chi connectivity index (χ1n) is 5.94. The number of hydrogen-bond acceptors (Lipinski definition) is 3. The number of fused-ring (bicyclic) bond motifs is 1. The van der Waals surface area contributed by atoms with Crippen LogP contribution in [-0.2, 0) is 14.6 Å². The lowest BCUT2D eigenvalue weighted by molar-refractivity contribution is -0.121. The van der Waals surface area contributed by atoms with Gasteiger partial charge < -0.3 is 0 Å². The van der Waals surface area contributed by atoms with Crippen LogP contribution in [0.4, 0.5) is 0 Å². The van der Waals surface area contributed by atoms with E-state index in [1.807, 2.05) is 0 Å². The number of Topliss-reactive ketones (excluding diaryl/α,β-unsaturated/α-hetero) is 1. The summed E-state index contributed by atoms with van der Waals surface area (Å²) in [5.41, 5.74) is 0. The minimum atomic E-state index is -3.30. The van der Waals surface area contributed by atoms with Gasteiger partial charge in [0, 0.05) is 12.3 Å². The van der Waals surface area contributed by atoms with E-state index in [1.54, 1.807) is 30.3 Å². The van der Waals surface area contributed by atoms with Gasteiger partial charge in [-0.25, -0.2) is 8.42 Å². The topological polar surface area (TPSA) is 51.2 Å². The molecule has 0 amide bonds. The molecule has 2 unspecified atom stereocenters. The second-order valence-electron chi connectivity index (χ2n) is 4.87. The third-order valence-corrected chi connectivity index (χ3v) is 6.15. The number of carbonyl (C=O) groups is 1. The second kappa shape index (κ2) is 3.67. The summed E-state index contributed by atoms with van der Waals surface area (Å²) in [4.78, 5) is 12.0. The van der Waals surface area contributed by atoms with Crippen molar-refractivity contribution in [1.82, 2.24) is 0 Å². The quantitative estimate of drug-likeness (QED) is 0.804. The van der Waals surface area contributed by atoms with Crippen LogP contribution in [0.1, 0.15) is 19.3 Å². The van der Waals surface area contributed by atoms with Crippen molar-refractivity contribution >= 4 is 15.6 Å². The Morgan fingerprint density at radius 2 is 1.82 bits per heavy atom. The van der Waals surface area contributed by atoms with Gasteiger partial charge in [-0.05, 0) is 30.9 Å². The standard InChI is InChI=1S/C13H14O3S/c14-11-8-4-7-10-12(11)13(10)17(15,16)9-5-2-1-3-6-9/h1-3,5-6,10,12-13H,4,7-8H2/t10?,12?,13-/m1/s1. The molecule has 3 atom stereocenters. The van der Waals surface area contributed by atoms with E-state index in [1.165, 1.54) is 0 Å². The molecule has 0 saturated heterocycles. The summed E-state index contributed by atoms with van der Waals surface area (Å²) in [6, 6.07) is 8.47. The van der Waals surface area contributed by atoms with Crippen LogP contribution in [-0.4, -0.2) is 19.5 Å². The Kier molecular flexibility index (Phi) is 2.36. The predicted molar refractivity (Wildman–Crippen MR) is 63.3 cm³/mol. The molecule has 90 valence electrons. The summed E-state index contributed by atoms with van der Waals surface area (Å²) in [6.07, 6.45) is 2.29. The fourth-order valence-corrected chi connectivity index (χ4v) is 5.24. The summed E-state index contributed by atoms with van der Waals surface area (Å²) in [5.74, 6) is 0.0150. The molecule has 1 aromatic carbocycles. The molecule has 0 N–H and O–H groups in total. The number of ketones is 1. The maximum Gasteiger partial charge on any atom is 0.182 e. The molecule has 1 aromatic rings. The summed E-state index contributed by atoms with van der Waals surface area (Å²) in [6.45, 7) is 0. The van der Waals surface area contributed by atoms with Gasteiger partial charge in [-0.2, -0.15) is 0 Å². The Morgan fingerprint density at radius 1 is 1.12 bits per heavy atom. The Morgan fingerprint density at radius 3 is 2.47 bits per heavy atom. The van der Waals surface area contributed by atoms with Crippen LogP contribution >= 0.6 is 0 Å². The molecule has 3 nitrogen and oxygen atoms in total. The van der Waals surface area contributed by atoms with E-state index in [9.17, 15) is 13.2 Å². The molecular weight excluding hydrogens is 236 g/mol. The van der Waals surface area contributed by atoms with Gasteiger partial charge in [0.2, 0.25) is 0 Å². The van der Waals surface area contributed by atoms with E-state index in [-0.39, 0.29) is 17.6 Å². The van der Waals surface area contributed by atoms with Crippen molar-refractivity contribution in [3.05, 3.63) is 30.3 Å². The Balaban J connectivity index is 1.94. The third kappa shape index (κ3) is 1.62. The molecule has 0 spiro atoms. The summed E-state index contributed by atoms with van der Waals surface area (Å²) in [5, 5.41) is -0.445. The van der Waals surface area contributed by atoms with Gasteiger partial charge in [-0.3, -0.25) is 4.79 Å². The lowest BCUT2D eigenvalue weighted by Gasteiger charge is -2.04. The first kappa shape index (κ1) is 11.0. The number of rotatable bonds is 2. The molecule has 2 aliphatic carbocycles. The highest BCUT2D eigenvalue weighted by molar-refractivity contribution is 7.92. The average Bonchev–Trinajstić information content (AvgIpc) is 3.07. The van der Waals surface area contributed by atoms with E-state index in [4.69, 9.17) is 0 Å². The lowest BCUT2D eigenvalue weighted by atomic mass is 10.00. The van der Waals surface area contributed by atoms with E-state index in [2.05, 4.69) is 0 Å². The zero-order valence-electron chi connectivity index (χ0n) is 9.37. The SMILES string of the molecule is O=C1CCCC2C1[C@@H]2S(=O)(=O)c1ccccc1. The molecular formula is C13H14O3S. The zero-order chi connectivity index (χ0) is 12.0. The van der Waals surface area contributed by atoms with Crippen LogP contribution in [0.3, 0.4) is 0 Å². The number of carbonyl (C=O) groups excluding carboxylic acids is 1. The van der Waals surface area contributed by atoms with Crippen molar-refractivity contribution < 1.29 is 13.2 Å². The van der Waals surface area contributed by atoms with Crippen LogP contribution in [0.15, 0.2) is 35.2 Å². The predicted octanol–water partition coefficient (Wildman–Crippen LogP) is 1.83. The fraction of sp³-hybridized carbons (Fsp3) is 0.462. The fourth-order valence-electron chi connectivity index (χ4n) is 2.98.